The third-order valence-electron chi connectivity index (χ3n) is 2.23. The Morgan fingerprint density at radius 2 is 1.94 bits per heavy atom. The lowest BCUT2D eigenvalue weighted by atomic mass is 10.2. The molecule has 0 radical (unpaired) electrons. The van der Waals surface area contributed by atoms with Crippen molar-refractivity contribution < 1.29 is 21.9 Å². The fourth-order valence-corrected chi connectivity index (χ4v) is 2.36. The highest BCUT2D eigenvalue weighted by Crippen LogP contribution is 2.31. The molecule has 0 aliphatic carbocycles. The van der Waals surface area contributed by atoms with Crippen molar-refractivity contribution in [3.05, 3.63) is 23.8 Å². The number of benzene rings is 1. The fourth-order valence-electron chi connectivity index (χ4n) is 1.38. The summed E-state index contributed by atoms with van der Waals surface area (Å²) in [6, 6.07) is 1.20. The average molecular weight is 299 g/mol. The Morgan fingerprint density at radius 3 is 2.50 bits per heavy atom. The van der Waals surface area contributed by atoms with Crippen molar-refractivity contribution in [3.63, 3.8) is 0 Å². The maximum atomic E-state index is 13.5. The van der Waals surface area contributed by atoms with Crippen LogP contribution in [0, 0.1) is 11.6 Å². The van der Waals surface area contributed by atoms with Gasteiger partial charge in [-0.2, -0.15) is 0 Å². The van der Waals surface area contributed by atoms with E-state index in [9.17, 15) is 17.2 Å². The van der Waals surface area contributed by atoms with Crippen molar-refractivity contribution in [2.75, 3.05) is 6.61 Å². The predicted octanol–water partition coefficient (Wildman–Crippen LogP) is 3.46. The standard InChI is InChI=1S/C11H13ClF2O3S/c1-2-3-4-5-17-11-9(14)6-8(13)7-10(11)18(12,15)16/h6-7H,2-5H2,1H3. The van der Waals surface area contributed by atoms with E-state index in [1.165, 1.54) is 0 Å². The summed E-state index contributed by atoms with van der Waals surface area (Å²) in [5.41, 5.74) is 0. The monoisotopic (exact) mass is 298 g/mol. The molecule has 0 aliphatic rings. The van der Waals surface area contributed by atoms with E-state index in [1.54, 1.807) is 0 Å². The van der Waals surface area contributed by atoms with Gasteiger partial charge >= 0.3 is 0 Å². The molecule has 0 saturated heterocycles. The second-order valence-corrected chi connectivity index (χ2v) is 6.24. The van der Waals surface area contributed by atoms with E-state index < -0.39 is 31.3 Å². The van der Waals surface area contributed by atoms with Crippen LogP contribution in [0.25, 0.3) is 0 Å². The first-order chi connectivity index (χ1) is 8.36. The van der Waals surface area contributed by atoms with E-state index in [0.29, 0.717) is 18.6 Å². The first-order valence-electron chi connectivity index (χ1n) is 5.42. The summed E-state index contributed by atoms with van der Waals surface area (Å²) in [5, 5.41) is 0. The van der Waals surface area contributed by atoms with Gasteiger partial charge in [0, 0.05) is 16.7 Å². The molecular formula is C11H13ClF2O3S. The number of hydrogen-bond donors (Lipinski definition) is 0. The maximum absolute atomic E-state index is 13.5. The second kappa shape index (κ2) is 6.33. The summed E-state index contributed by atoms with van der Waals surface area (Å²) in [5.74, 6) is -2.62. The quantitative estimate of drug-likeness (QED) is 0.597. The van der Waals surface area contributed by atoms with Gasteiger partial charge in [-0.1, -0.05) is 19.8 Å². The largest absolute Gasteiger partial charge is 0.489 e. The zero-order valence-corrected chi connectivity index (χ0v) is 11.3. The lowest BCUT2D eigenvalue weighted by Crippen LogP contribution is -2.05. The topological polar surface area (TPSA) is 43.4 Å². The molecule has 1 aromatic carbocycles. The minimum Gasteiger partial charge on any atom is -0.489 e. The highest BCUT2D eigenvalue weighted by atomic mass is 35.7. The zero-order valence-electron chi connectivity index (χ0n) is 9.75. The Kier molecular flexibility index (Phi) is 5.34. The van der Waals surface area contributed by atoms with Gasteiger partial charge in [0.05, 0.1) is 6.61 Å². The van der Waals surface area contributed by atoms with Crippen molar-refractivity contribution in [2.24, 2.45) is 0 Å². The maximum Gasteiger partial charge on any atom is 0.265 e. The number of rotatable bonds is 6. The molecular weight excluding hydrogens is 286 g/mol. The summed E-state index contributed by atoms with van der Waals surface area (Å²) >= 11 is 0. The van der Waals surface area contributed by atoms with Gasteiger partial charge in [0.15, 0.2) is 11.6 Å². The Hall–Kier alpha value is -0.880. The van der Waals surface area contributed by atoms with Gasteiger partial charge in [-0.3, -0.25) is 0 Å². The van der Waals surface area contributed by atoms with Crippen molar-refractivity contribution in [1.82, 2.24) is 0 Å². The summed E-state index contributed by atoms with van der Waals surface area (Å²) in [4.78, 5) is -0.682. The minimum atomic E-state index is -4.25. The van der Waals surface area contributed by atoms with Gasteiger partial charge in [0.1, 0.15) is 10.7 Å². The SMILES string of the molecule is CCCCCOc1c(F)cc(F)cc1S(=O)(=O)Cl. The zero-order chi connectivity index (χ0) is 13.8. The lowest BCUT2D eigenvalue weighted by Gasteiger charge is -2.10. The number of unbranched alkanes of at least 4 members (excludes halogenated alkanes) is 2. The molecule has 0 aliphatic heterocycles. The number of halogens is 3. The van der Waals surface area contributed by atoms with Crippen molar-refractivity contribution in [2.45, 2.75) is 31.1 Å². The molecule has 0 atom stereocenters. The van der Waals surface area contributed by atoms with Gasteiger partial charge in [0.25, 0.3) is 9.05 Å². The molecule has 0 aromatic heterocycles. The normalized spacial score (nSPS) is 11.6. The predicted molar refractivity (Wildman–Crippen MR) is 64.4 cm³/mol. The molecule has 18 heavy (non-hydrogen) atoms. The van der Waals surface area contributed by atoms with Crippen LogP contribution in [0.4, 0.5) is 8.78 Å². The van der Waals surface area contributed by atoms with Crippen LogP contribution in [0.15, 0.2) is 17.0 Å². The second-order valence-electron chi connectivity index (χ2n) is 3.71. The van der Waals surface area contributed by atoms with E-state index in [0.717, 1.165) is 12.8 Å². The third kappa shape index (κ3) is 4.10. The van der Waals surface area contributed by atoms with Gasteiger partial charge in [0.2, 0.25) is 0 Å². The molecule has 7 heteroatoms. The average Bonchev–Trinajstić information content (AvgIpc) is 2.24. The summed E-state index contributed by atoms with van der Waals surface area (Å²) in [6.45, 7) is 2.13. The summed E-state index contributed by atoms with van der Waals surface area (Å²) in [6.07, 6.45) is 2.46. The fraction of sp³-hybridized carbons (Fsp3) is 0.455. The van der Waals surface area contributed by atoms with Crippen LogP contribution in [-0.4, -0.2) is 15.0 Å². The van der Waals surface area contributed by atoms with Gasteiger partial charge < -0.3 is 4.74 Å². The number of hydrogen-bond acceptors (Lipinski definition) is 3. The van der Waals surface area contributed by atoms with E-state index in [2.05, 4.69) is 0 Å². The Bertz CT molecular complexity index is 517. The molecule has 0 spiro atoms. The van der Waals surface area contributed by atoms with Crippen molar-refractivity contribution in [3.8, 4) is 5.75 Å². The van der Waals surface area contributed by atoms with Crippen LogP contribution in [0.2, 0.25) is 0 Å². The Morgan fingerprint density at radius 1 is 1.28 bits per heavy atom. The first-order valence-corrected chi connectivity index (χ1v) is 7.73. The van der Waals surface area contributed by atoms with E-state index in [4.69, 9.17) is 15.4 Å². The molecule has 1 aromatic rings. The van der Waals surface area contributed by atoms with E-state index >= 15 is 0 Å². The van der Waals surface area contributed by atoms with E-state index in [-0.39, 0.29) is 6.61 Å². The molecule has 0 saturated carbocycles. The van der Waals surface area contributed by atoms with Crippen LogP contribution < -0.4 is 4.74 Å². The van der Waals surface area contributed by atoms with Crippen LogP contribution in [0.5, 0.6) is 5.75 Å². The van der Waals surface area contributed by atoms with Gasteiger partial charge in [-0.15, -0.1) is 0 Å². The molecule has 0 fully saturated rings. The molecule has 102 valence electrons. The van der Waals surface area contributed by atoms with Crippen LogP contribution in [-0.2, 0) is 9.05 Å². The molecule has 0 unspecified atom stereocenters. The highest BCUT2D eigenvalue weighted by Gasteiger charge is 2.22. The van der Waals surface area contributed by atoms with Crippen LogP contribution >= 0.6 is 10.7 Å². The molecule has 3 nitrogen and oxygen atoms in total. The Labute approximate surface area is 109 Å². The van der Waals surface area contributed by atoms with E-state index in [1.807, 2.05) is 6.92 Å². The number of ether oxygens (including phenoxy) is 1. The lowest BCUT2D eigenvalue weighted by molar-refractivity contribution is 0.282. The third-order valence-corrected chi connectivity index (χ3v) is 3.56. The molecule has 0 heterocycles. The molecule has 0 N–H and O–H groups in total. The molecule has 0 bridgehead atoms. The molecule has 1 rings (SSSR count). The summed E-state index contributed by atoms with van der Waals surface area (Å²) in [7, 11) is 0.853. The van der Waals surface area contributed by atoms with Gasteiger partial charge in [-0.05, 0) is 12.5 Å². The van der Waals surface area contributed by atoms with Gasteiger partial charge in [-0.25, -0.2) is 17.2 Å². The smallest absolute Gasteiger partial charge is 0.265 e. The Balaban J connectivity index is 3.02. The first kappa shape index (κ1) is 15.2. The minimum absolute atomic E-state index is 0.149. The van der Waals surface area contributed by atoms with Crippen molar-refractivity contribution in [1.29, 1.82) is 0 Å². The van der Waals surface area contributed by atoms with Crippen LogP contribution in [0.3, 0.4) is 0 Å². The molecule has 0 amide bonds. The van der Waals surface area contributed by atoms with Crippen LogP contribution in [0.1, 0.15) is 26.2 Å². The summed E-state index contributed by atoms with van der Waals surface area (Å²) < 4.78 is 53.9. The highest BCUT2D eigenvalue weighted by molar-refractivity contribution is 8.13. The van der Waals surface area contributed by atoms with Crippen molar-refractivity contribution >= 4 is 19.7 Å².